The quantitative estimate of drug-likeness (QED) is 0.365. The Hall–Kier alpha value is -3.41. The van der Waals surface area contributed by atoms with Crippen LogP contribution in [0.5, 0.6) is 5.75 Å². The third-order valence-electron chi connectivity index (χ3n) is 4.28. The Bertz CT molecular complexity index is 1010. The number of primary amides is 1. The van der Waals surface area contributed by atoms with Crippen molar-refractivity contribution >= 4 is 34.9 Å². The highest BCUT2D eigenvalue weighted by molar-refractivity contribution is 6.33. The maximum absolute atomic E-state index is 12.5. The van der Waals surface area contributed by atoms with Gasteiger partial charge in [0.25, 0.3) is 5.91 Å². The highest BCUT2D eigenvalue weighted by Gasteiger charge is 2.35. The summed E-state index contributed by atoms with van der Waals surface area (Å²) in [5.74, 6) is -0.793. The molecule has 1 unspecified atom stereocenters. The molecule has 3 rings (SSSR count). The van der Waals surface area contributed by atoms with Gasteiger partial charge in [0.1, 0.15) is 5.75 Å². The molecule has 1 heterocycles. The summed E-state index contributed by atoms with van der Waals surface area (Å²) in [6.07, 6.45) is 3.09. The summed E-state index contributed by atoms with van der Waals surface area (Å²) in [6, 6.07) is 9.93. The van der Waals surface area contributed by atoms with Gasteiger partial charge in [-0.1, -0.05) is 29.8 Å². The second-order valence-corrected chi connectivity index (χ2v) is 6.80. The lowest BCUT2D eigenvalue weighted by Crippen LogP contribution is -2.63. The summed E-state index contributed by atoms with van der Waals surface area (Å²) >= 11 is 6.24. The number of alkyl halides is 2. The van der Waals surface area contributed by atoms with E-state index in [1.54, 1.807) is 36.5 Å². The number of carbonyl (C=O) groups is 2. The van der Waals surface area contributed by atoms with Gasteiger partial charge in [0.2, 0.25) is 0 Å². The number of hydrogen-bond acceptors (Lipinski definition) is 6. The van der Waals surface area contributed by atoms with Crippen LogP contribution in [-0.2, 0) is 11.3 Å². The molecule has 1 aliphatic heterocycles. The summed E-state index contributed by atoms with van der Waals surface area (Å²) in [7, 11) is 0. The lowest BCUT2D eigenvalue weighted by molar-refractivity contribution is -0.123. The highest BCUT2D eigenvalue weighted by Crippen LogP contribution is 2.27. The predicted octanol–water partition coefficient (Wildman–Crippen LogP) is 2.48. The van der Waals surface area contributed by atoms with E-state index < -0.39 is 24.2 Å². The first kappa shape index (κ1) is 22.3. The van der Waals surface area contributed by atoms with Crippen LogP contribution >= 0.6 is 11.6 Å². The van der Waals surface area contributed by atoms with Crippen molar-refractivity contribution in [1.82, 2.24) is 16.2 Å². The van der Waals surface area contributed by atoms with Gasteiger partial charge in [0.15, 0.2) is 5.66 Å². The smallest absolute Gasteiger partial charge is 0.387 e. The molecule has 0 saturated heterocycles. The van der Waals surface area contributed by atoms with E-state index >= 15 is 0 Å². The van der Waals surface area contributed by atoms with Crippen molar-refractivity contribution in [2.75, 3.05) is 10.6 Å². The minimum Gasteiger partial charge on any atom is -0.433 e. The lowest BCUT2D eigenvalue weighted by Gasteiger charge is -2.25. The fourth-order valence-electron chi connectivity index (χ4n) is 2.75. The summed E-state index contributed by atoms with van der Waals surface area (Å²) in [4.78, 5) is 24.0. The SMILES string of the molecule is NC(=O)C1(NCc2ccc(NC(=O)Nc3ccccc3OC(F)F)c(Cl)c2)C=CNN1. The van der Waals surface area contributed by atoms with Crippen LogP contribution in [0.4, 0.5) is 25.0 Å². The molecule has 0 spiro atoms. The molecule has 31 heavy (non-hydrogen) atoms. The predicted molar refractivity (Wildman–Crippen MR) is 111 cm³/mol. The van der Waals surface area contributed by atoms with E-state index in [1.807, 2.05) is 0 Å². The maximum atomic E-state index is 12.5. The molecule has 164 valence electrons. The Morgan fingerprint density at radius 1 is 1.16 bits per heavy atom. The van der Waals surface area contributed by atoms with Crippen LogP contribution in [-0.4, -0.2) is 24.2 Å². The van der Waals surface area contributed by atoms with Gasteiger partial charge >= 0.3 is 12.6 Å². The number of amides is 3. The average molecular weight is 453 g/mol. The first-order chi connectivity index (χ1) is 14.8. The van der Waals surface area contributed by atoms with E-state index in [2.05, 4.69) is 31.5 Å². The van der Waals surface area contributed by atoms with E-state index in [9.17, 15) is 18.4 Å². The van der Waals surface area contributed by atoms with Crippen LogP contribution in [0.25, 0.3) is 0 Å². The van der Waals surface area contributed by atoms with Crippen molar-refractivity contribution in [3.8, 4) is 5.75 Å². The topological polar surface area (TPSA) is 130 Å². The Labute approximate surface area is 180 Å². The Morgan fingerprint density at radius 2 is 1.90 bits per heavy atom. The molecule has 7 N–H and O–H groups in total. The van der Waals surface area contributed by atoms with Gasteiger partial charge < -0.3 is 26.5 Å². The zero-order valence-electron chi connectivity index (χ0n) is 15.9. The van der Waals surface area contributed by atoms with Gasteiger partial charge in [-0.2, -0.15) is 8.78 Å². The summed E-state index contributed by atoms with van der Waals surface area (Å²) in [6.45, 7) is -2.78. The molecule has 0 saturated carbocycles. The molecule has 2 aromatic rings. The minimum atomic E-state index is -3.03. The number of halogens is 3. The monoisotopic (exact) mass is 452 g/mol. The molecule has 1 atom stereocenters. The molecular formula is C19H19ClF2N6O3. The summed E-state index contributed by atoms with van der Waals surface area (Å²) in [5, 5.41) is 8.18. The molecule has 1 aliphatic rings. The molecular weight excluding hydrogens is 434 g/mol. The summed E-state index contributed by atoms with van der Waals surface area (Å²) < 4.78 is 29.4. The van der Waals surface area contributed by atoms with Crippen LogP contribution in [0.3, 0.4) is 0 Å². The number of nitrogens with two attached hydrogens (primary N) is 1. The second-order valence-electron chi connectivity index (χ2n) is 6.40. The first-order valence-corrected chi connectivity index (χ1v) is 9.32. The third kappa shape index (κ3) is 5.60. The van der Waals surface area contributed by atoms with Gasteiger partial charge in [0, 0.05) is 12.7 Å². The number of ether oxygens (including phenoxy) is 1. The van der Waals surface area contributed by atoms with E-state index in [0.717, 1.165) is 5.56 Å². The minimum absolute atomic E-state index is 0.0692. The zero-order chi connectivity index (χ0) is 22.4. The van der Waals surface area contributed by atoms with Crippen LogP contribution in [0.2, 0.25) is 5.02 Å². The van der Waals surface area contributed by atoms with Crippen molar-refractivity contribution in [1.29, 1.82) is 0 Å². The zero-order valence-corrected chi connectivity index (χ0v) is 16.7. The van der Waals surface area contributed by atoms with Gasteiger partial charge in [-0.15, -0.1) is 0 Å². The second kappa shape index (κ2) is 9.60. The third-order valence-corrected chi connectivity index (χ3v) is 4.59. The first-order valence-electron chi connectivity index (χ1n) is 8.95. The number of anilines is 2. The van der Waals surface area contributed by atoms with E-state index in [4.69, 9.17) is 17.3 Å². The maximum Gasteiger partial charge on any atom is 0.387 e. The van der Waals surface area contributed by atoms with Crippen LogP contribution in [0.1, 0.15) is 5.56 Å². The van der Waals surface area contributed by atoms with Crippen molar-refractivity contribution in [3.63, 3.8) is 0 Å². The van der Waals surface area contributed by atoms with Gasteiger partial charge in [-0.25, -0.2) is 10.2 Å². The highest BCUT2D eigenvalue weighted by atomic mass is 35.5. The fourth-order valence-corrected chi connectivity index (χ4v) is 3.00. The van der Waals surface area contributed by atoms with Gasteiger partial charge in [0.05, 0.1) is 16.4 Å². The van der Waals surface area contributed by atoms with Gasteiger partial charge in [-0.05, 0) is 35.9 Å². The number of hydrazine groups is 1. The molecule has 0 bridgehead atoms. The fraction of sp³-hybridized carbons (Fsp3) is 0.158. The van der Waals surface area contributed by atoms with Crippen LogP contribution < -0.4 is 37.3 Å². The Morgan fingerprint density at radius 3 is 2.55 bits per heavy atom. The normalized spacial score (nSPS) is 17.3. The van der Waals surface area contributed by atoms with Crippen molar-refractivity contribution in [2.24, 2.45) is 5.73 Å². The molecule has 0 fully saturated rings. The number of urea groups is 1. The molecule has 9 nitrogen and oxygen atoms in total. The standard InChI is InChI=1S/C19H19ClF2N6O3/c20-12-9-11(10-24-19(16(23)29)7-8-25-28-19)5-6-13(12)26-18(30)27-14-3-1-2-4-15(14)31-17(21)22/h1-9,17,24-25,28H,10H2,(H2,23,29)(H2,26,27,30). The van der Waals surface area contributed by atoms with Crippen molar-refractivity contribution < 1.29 is 23.1 Å². The number of hydrogen-bond donors (Lipinski definition) is 6. The molecule has 3 amide bonds. The molecule has 12 heteroatoms. The number of rotatable bonds is 8. The van der Waals surface area contributed by atoms with E-state index in [-0.39, 0.29) is 23.0 Å². The number of benzene rings is 2. The average Bonchev–Trinajstić information content (AvgIpc) is 3.20. The molecule has 0 aliphatic carbocycles. The summed E-state index contributed by atoms with van der Waals surface area (Å²) in [5.41, 5.74) is 10.7. The van der Waals surface area contributed by atoms with Crippen LogP contribution in [0.15, 0.2) is 54.7 Å². The Kier molecular flexibility index (Phi) is 6.90. The largest absolute Gasteiger partial charge is 0.433 e. The number of carbonyl (C=O) groups excluding carboxylic acids is 2. The molecule has 2 aromatic carbocycles. The number of para-hydroxylation sites is 2. The van der Waals surface area contributed by atoms with Crippen molar-refractivity contribution in [2.45, 2.75) is 18.8 Å². The molecule has 0 aromatic heterocycles. The molecule has 0 radical (unpaired) electrons. The van der Waals surface area contributed by atoms with Gasteiger partial charge in [-0.3, -0.25) is 10.1 Å². The van der Waals surface area contributed by atoms with Crippen LogP contribution in [0, 0.1) is 0 Å². The number of nitrogens with one attached hydrogen (secondary N) is 5. The van der Waals surface area contributed by atoms with Crippen molar-refractivity contribution in [3.05, 3.63) is 65.3 Å². The van der Waals surface area contributed by atoms with E-state index in [1.165, 1.54) is 18.2 Å². The van der Waals surface area contributed by atoms with E-state index in [0.29, 0.717) is 5.69 Å². The lowest BCUT2D eigenvalue weighted by atomic mass is 10.1. The Balaban J connectivity index is 1.62.